The van der Waals surface area contributed by atoms with Crippen LogP contribution < -0.4 is 10.1 Å². The molecule has 0 aliphatic carbocycles. The number of ether oxygens (including phenoxy) is 1. The fourth-order valence-electron chi connectivity index (χ4n) is 1.94. The summed E-state index contributed by atoms with van der Waals surface area (Å²) in [6.07, 6.45) is 0. The van der Waals surface area contributed by atoms with Crippen molar-refractivity contribution < 1.29 is 22.7 Å². The van der Waals surface area contributed by atoms with E-state index in [4.69, 9.17) is 0 Å². The number of rotatable bonds is 6. The third-order valence-electron chi connectivity index (χ3n) is 3.01. The average Bonchev–Trinajstić information content (AvgIpc) is 2.93. The van der Waals surface area contributed by atoms with Crippen molar-refractivity contribution in [3.8, 4) is 5.75 Å². The van der Waals surface area contributed by atoms with Crippen molar-refractivity contribution in [2.24, 2.45) is 0 Å². The molecule has 0 spiro atoms. The molecule has 2 rings (SSSR count). The van der Waals surface area contributed by atoms with Gasteiger partial charge in [0.05, 0.1) is 12.2 Å². The number of nitrogens with zero attached hydrogens (tertiary/aromatic N) is 1. The third kappa shape index (κ3) is 4.41. The molecule has 0 fully saturated rings. The molecule has 0 aliphatic heterocycles. The summed E-state index contributed by atoms with van der Waals surface area (Å²) < 4.78 is 42.1. The number of benzene rings is 1. The lowest BCUT2D eigenvalue weighted by Crippen LogP contribution is -2.22. The van der Waals surface area contributed by atoms with Gasteiger partial charge in [-0.05, 0) is 24.3 Å². The number of aromatic amines is 1. The Kier molecular flexibility index (Phi) is 5.15. The molecule has 1 amide bonds. The number of carbonyl (C=O) groups excluding carboxylic acids is 1. The van der Waals surface area contributed by atoms with Gasteiger partial charge in [0.15, 0.2) is 5.75 Å². The highest BCUT2D eigenvalue weighted by molar-refractivity contribution is 5.92. The number of nitrogens with one attached hydrogen (secondary N) is 2. The van der Waals surface area contributed by atoms with Gasteiger partial charge < -0.3 is 19.9 Å². The zero-order valence-electron chi connectivity index (χ0n) is 12.6. The molecule has 0 saturated heterocycles. The van der Waals surface area contributed by atoms with Gasteiger partial charge in [-0.3, -0.25) is 4.79 Å². The van der Waals surface area contributed by atoms with E-state index in [1.165, 1.54) is 11.0 Å². The van der Waals surface area contributed by atoms with E-state index < -0.39 is 12.4 Å². The monoisotopic (exact) mass is 327 g/mol. The van der Waals surface area contributed by atoms with Gasteiger partial charge in [0.25, 0.3) is 5.91 Å². The van der Waals surface area contributed by atoms with Crippen LogP contribution in [0.3, 0.4) is 0 Å². The lowest BCUT2D eigenvalue weighted by molar-refractivity contribution is -0.0495. The summed E-state index contributed by atoms with van der Waals surface area (Å²) >= 11 is 0. The van der Waals surface area contributed by atoms with Gasteiger partial charge in [0, 0.05) is 25.9 Å². The van der Waals surface area contributed by atoms with Crippen molar-refractivity contribution in [3.63, 3.8) is 0 Å². The number of amides is 1. The van der Waals surface area contributed by atoms with E-state index >= 15 is 0 Å². The molecule has 23 heavy (non-hydrogen) atoms. The standard InChI is InChI=1S/C15H16F3N3O2/c1-21(2)14(22)12-6-4-10(20-12)8-19-11-5-3-9(16)7-13(11)23-15(17)18/h3-7,15,19-20H,8H2,1-2H3. The predicted octanol–water partition coefficient (Wildman–Crippen LogP) is 3.07. The molecule has 2 N–H and O–H groups in total. The van der Waals surface area contributed by atoms with E-state index in [2.05, 4.69) is 15.0 Å². The quantitative estimate of drug-likeness (QED) is 0.857. The number of carbonyl (C=O) groups is 1. The second-order valence-corrected chi connectivity index (χ2v) is 4.97. The second-order valence-electron chi connectivity index (χ2n) is 4.97. The molecule has 0 atom stereocenters. The lowest BCUT2D eigenvalue weighted by Gasteiger charge is -2.12. The Hall–Kier alpha value is -2.64. The summed E-state index contributed by atoms with van der Waals surface area (Å²) in [7, 11) is 3.27. The zero-order valence-corrected chi connectivity index (χ0v) is 12.6. The number of hydrogen-bond acceptors (Lipinski definition) is 3. The molecule has 0 unspecified atom stereocenters. The molecule has 2 aromatic rings. The first-order valence-corrected chi connectivity index (χ1v) is 6.74. The van der Waals surface area contributed by atoms with Gasteiger partial charge in [0.1, 0.15) is 11.5 Å². The maximum Gasteiger partial charge on any atom is 0.387 e. The van der Waals surface area contributed by atoms with Crippen LogP contribution in [0.2, 0.25) is 0 Å². The van der Waals surface area contributed by atoms with Gasteiger partial charge in [-0.1, -0.05) is 0 Å². The molecule has 8 heteroatoms. The topological polar surface area (TPSA) is 57.4 Å². The van der Waals surface area contributed by atoms with E-state index in [1.807, 2.05) is 0 Å². The average molecular weight is 327 g/mol. The van der Waals surface area contributed by atoms with E-state index in [1.54, 1.807) is 26.2 Å². The number of halogens is 3. The molecule has 124 valence electrons. The highest BCUT2D eigenvalue weighted by atomic mass is 19.3. The van der Waals surface area contributed by atoms with Crippen molar-refractivity contribution in [2.45, 2.75) is 13.2 Å². The van der Waals surface area contributed by atoms with Crippen LogP contribution in [0.1, 0.15) is 16.2 Å². The Balaban J connectivity index is 2.08. The van der Waals surface area contributed by atoms with Crippen LogP contribution in [0.25, 0.3) is 0 Å². The maximum absolute atomic E-state index is 13.1. The predicted molar refractivity (Wildman–Crippen MR) is 79.2 cm³/mol. The minimum atomic E-state index is -3.05. The molecule has 0 radical (unpaired) electrons. The van der Waals surface area contributed by atoms with Crippen LogP contribution in [-0.2, 0) is 6.54 Å². The Morgan fingerprint density at radius 3 is 2.70 bits per heavy atom. The third-order valence-corrected chi connectivity index (χ3v) is 3.01. The fraction of sp³-hybridized carbons (Fsp3) is 0.267. The van der Waals surface area contributed by atoms with Crippen molar-refractivity contribution >= 4 is 11.6 Å². The minimum Gasteiger partial charge on any atom is -0.433 e. The normalized spacial score (nSPS) is 10.7. The SMILES string of the molecule is CN(C)C(=O)c1ccc(CNc2ccc(F)cc2OC(F)F)[nH]1. The Morgan fingerprint density at radius 1 is 1.30 bits per heavy atom. The first-order valence-electron chi connectivity index (χ1n) is 6.74. The van der Waals surface area contributed by atoms with Crippen molar-refractivity contribution in [1.82, 2.24) is 9.88 Å². The molecule has 1 aromatic carbocycles. The van der Waals surface area contributed by atoms with E-state index in [-0.39, 0.29) is 23.9 Å². The number of hydrogen-bond donors (Lipinski definition) is 2. The van der Waals surface area contributed by atoms with E-state index in [9.17, 15) is 18.0 Å². The fourth-order valence-corrected chi connectivity index (χ4v) is 1.94. The van der Waals surface area contributed by atoms with Crippen LogP contribution in [0.15, 0.2) is 30.3 Å². The molecule has 1 heterocycles. The van der Waals surface area contributed by atoms with Gasteiger partial charge in [-0.15, -0.1) is 0 Å². The largest absolute Gasteiger partial charge is 0.433 e. The molecule has 5 nitrogen and oxygen atoms in total. The summed E-state index contributed by atoms with van der Waals surface area (Å²) in [5, 5.41) is 2.86. The van der Waals surface area contributed by atoms with Crippen molar-refractivity contribution in [2.75, 3.05) is 19.4 Å². The van der Waals surface area contributed by atoms with E-state index in [0.29, 0.717) is 11.4 Å². The molecule has 0 saturated carbocycles. The van der Waals surface area contributed by atoms with Crippen LogP contribution in [0, 0.1) is 5.82 Å². The van der Waals surface area contributed by atoms with Crippen LogP contribution in [0.5, 0.6) is 5.75 Å². The highest BCUT2D eigenvalue weighted by Gasteiger charge is 2.13. The van der Waals surface area contributed by atoms with Crippen LogP contribution in [-0.4, -0.2) is 36.5 Å². The smallest absolute Gasteiger partial charge is 0.387 e. The number of H-pyrrole nitrogens is 1. The van der Waals surface area contributed by atoms with Gasteiger partial charge in [-0.25, -0.2) is 4.39 Å². The summed E-state index contributed by atoms with van der Waals surface area (Å²) in [6.45, 7) is -2.82. The molecule has 0 bridgehead atoms. The second kappa shape index (κ2) is 7.08. The summed E-state index contributed by atoms with van der Waals surface area (Å²) in [6, 6.07) is 6.64. The van der Waals surface area contributed by atoms with E-state index in [0.717, 1.165) is 12.1 Å². The number of anilines is 1. The number of aromatic nitrogens is 1. The van der Waals surface area contributed by atoms with Gasteiger partial charge >= 0.3 is 6.61 Å². The Labute approximate surface area is 131 Å². The molecule has 0 aliphatic rings. The van der Waals surface area contributed by atoms with Gasteiger partial charge in [0.2, 0.25) is 0 Å². The molecule has 1 aromatic heterocycles. The highest BCUT2D eigenvalue weighted by Crippen LogP contribution is 2.27. The Morgan fingerprint density at radius 2 is 2.04 bits per heavy atom. The Bertz CT molecular complexity index is 686. The number of alkyl halides is 2. The van der Waals surface area contributed by atoms with Crippen molar-refractivity contribution in [1.29, 1.82) is 0 Å². The van der Waals surface area contributed by atoms with Crippen LogP contribution >= 0.6 is 0 Å². The zero-order chi connectivity index (χ0) is 17.0. The first-order chi connectivity index (χ1) is 10.9. The first kappa shape index (κ1) is 16.7. The molecular weight excluding hydrogens is 311 g/mol. The summed E-state index contributed by atoms with van der Waals surface area (Å²) in [5.74, 6) is -1.14. The van der Waals surface area contributed by atoms with Crippen LogP contribution in [0.4, 0.5) is 18.9 Å². The minimum absolute atomic E-state index is 0.181. The summed E-state index contributed by atoms with van der Waals surface area (Å²) in [4.78, 5) is 16.1. The maximum atomic E-state index is 13.1. The molecular formula is C15H16F3N3O2. The summed E-state index contributed by atoms with van der Waals surface area (Å²) in [5.41, 5.74) is 1.30. The van der Waals surface area contributed by atoms with Crippen molar-refractivity contribution in [3.05, 3.63) is 47.5 Å². The van der Waals surface area contributed by atoms with Gasteiger partial charge in [-0.2, -0.15) is 8.78 Å². The lowest BCUT2D eigenvalue weighted by atomic mass is 10.2.